The molecule has 0 bridgehead atoms. The van der Waals surface area contributed by atoms with Crippen molar-refractivity contribution in [2.45, 2.75) is 33.3 Å². The Morgan fingerprint density at radius 3 is 2.46 bits per heavy atom. The van der Waals surface area contributed by atoms with Crippen LogP contribution in [0.15, 0.2) is 0 Å². The smallest absolute Gasteiger partial charge is 0.158 e. The summed E-state index contributed by atoms with van der Waals surface area (Å²) in [6, 6.07) is 0. The molecule has 0 radical (unpaired) electrons. The zero-order valence-corrected chi connectivity index (χ0v) is 8.96. The summed E-state index contributed by atoms with van der Waals surface area (Å²) >= 11 is 0. The quantitative estimate of drug-likeness (QED) is 0.711. The fraction of sp³-hybridized carbons (Fsp3) is 0.778. The van der Waals surface area contributed by atoms with Crippen LogP contribution >= 0.6 is 0 Å². The molecule has 0 aliphatic carbocycles. The zero-order valence-electron chi connectivity index (χ0n) is 8.96. The van der Waals surface area contributed by atoms with Gasteiger partial charge >= 0.3 is 0 Å². The number of ether oxygens (including phenoxy) is 1. The minimum Gasteiger partial charge on any atom is -0.368 e. The number of aryl methyl sites for hydroxylation is 2. The van der Waals surface area contributed by atoms with E-state index >= 15 is 0 Å². The fourth-order valence-electron chi connectivity index (χ4n) is 1.46. The third kappa shape index (κ3) is 2.06. The molecule has 0 N–H and O–H groups in total. The van der Waals surface area contributed by atoms with Crippen LogP contribution in [0.3, 0.4) is 0 Å². The molecule has 0 aromatic carbocycles. The van der Waals surface area contributed by atoms with Crippen molar-refractivity contribution in [2.24, 2.45) is 7.05 Å². The molecule has 74 valence electrons. The van der Waals surface area contributed by atoms with Gasteiger partial charge in [0.25, 0.3) is 0 Å². The first-order valence-electron chi connectivity index (χ1n) is 4.49. The number of hydrogen-bond acceptors (Lipinski definition) is 3. The Hall–Kier alpha value is -0.900. The molecule has 4 nitrogen and oxygen atoms in total. The van der Waals surface area contributed by atoms with E-state index in [4.69, 9.17) is 4.74 Å². The second-order valence-corrected chi connectivity index (χ2v) is 3.55. The topological polar surface area (TPSA) is 39.9 Å². The molecular weight excluding hydrogens is 166 g/mol. The van der Waals surface area contributed by atoms with Crippen LogP contribution in [0.2, 0.25) is 0 Å². The predicted molar refractivity (Wildman–Crippen MR) is 50.4 cm³/mol. The maximum Gasteiger partial charge on any atom is 0.158 e. The average Bonchev–Trinajstić information content (AvgIpc) is 2.30. The van der Waals surface area contributed by atoms with Crippen LogP contribution in [0.5, 0.6) is 0 Å². The third-order valence-corrected chi connectivity index (χ3v) is 1.91. The van der Waals surface area contributed by atoms with Crippen LogP contribution in [0.25, 0.3) is 0 Å². The number of hydrogen-bond donors (Lipinski definition) is 0. The minimum atomic E-state index is -0.356. The highest BCUT2D eigenvalue weighted by Crippen LogP contribution is 2.21. The molecule has 0 saturated heterocycles. The van der Waals surface area contributed by atoms with Crippen molar-refractivity contribution in [1.29, 1.82) is 0 Å². The van der Waals surface area contributed by atoms with Crippen LogP contribution in [0.1, 0.15) is 32.4 Å². The Morgan fingerprint density at radius 1 is 1.46 bits per heavy atom. The Bertz CT molecular complexity index is 291. The second-order valence-electron chi connectivity index (χ2n) is 3.55. The van der Waals surface area contributed by atoms with E-state index in [2.05, 4.69) is 10.1 Å². The molecule has 0 aliphatic heterocycles. The highest BCUT2D eigenvalue weighted by Gasteiger charge is 2.26. The highest BCUT2D eigenvalue weighted by atomic mass is 16.5. The molecule has 13 heavy (non-hydrogen) atoms. The van der Waals surface area contributed by atoms with E-state index in [0.717, 1.165) is 11.6 Å². The van der Waals surface area contributed by atoms with Gasteiger partial charge in [0.2, 0.25) is 0 Å². The average molecular weight is 183 g/mol. The summed E-state index contributed by atoms with van der Waals surface area (Å²) in [4.78, 5) is 4.33. The van der Waals surface area contributed by atoms with E-state index in [1.807, 2.05) is 34.7 Å². The van der Waals surface area contributed by atoms with Crippen molar-refractivity contribution >= 4 is 0 Å². The van der Waals surface area contributed by atoms with Gasteiger partial charge in [0.15, 0.2) is 5.82 Å². The Labute approximate surface area is 78.9 Å². The van der Waals surface area contributed by atoms with E-state index in [1.54, 1.807) is 4.68 Å². The van der Waals surface area contributed by atoms with E-state index in [9.17, 15) is 0 Å². The monoisotopic (exact) mass is 183 g/mol. The molecule has 0 spiro atoms. The van der Waals surface area contributed by atoms with Crippen LogP contribution in [-0.4, -0.2) is 21.4 Å². The van der Waals surface area contributed by atoms with Gasteiger partial charge in [-0.15, -0.1) is 0 Å². The molecule has 0 amide bonds. The summed E-state index contributed by atoms with van der Waals surface area (Å²) in [6.45, 7) is 8.54. The maximum absolute atomic E-state index is 5.59. The van der Waals surface area contributed by atoms with Gasteiger partial charge in [-0.3, -0.25) is 4.68 Å². The molecule has 0 unspecified atom stereocenters. The van der Waals surface area contributed by atoms with E-state index in [-0.39, 0.29) is 5.60 Å². The van der Waals surface area contributed by atoms with Gasteiger partial charge in [-0.1, -0.05) is 0 Å². The van der Waals surface area contributed by atoms with Gasteiger partial charge in [-0.2, -0.15) is 5.10 Å². The fourth-order valence-corrected chi connectivity index (χ4v) is 1.46. The Balaban J connectivity index is 2.98. The van der Waals surface area contributed by atoms with Gasteiger partial charge in [0.05, 0.1) is 0 Å². The molecule has 4 heteroatoms. The number of nitrogens with zero attached hydrogens (tertiary/aromatic N) is 3. The second kappa shape index (κ2) is 3.46. The molecule has 0 aliphatic rings. The van der Waals surface area contributed by atoms with Crippen molar-refractivity contribution in [3.05, 3.63) is 11.6 Å². The molecule has 0 fully saturated rings. The first-order valence-corrected chi connectivity index (χ1v) is 4.49. The lowest BCUT2D eigenvalue weighted by molar-refractivity contribution is -0.0233. The summed E-state index contributed by atoms with van der Waals surface area (Å²) in [7, 11) is 1.89. The molecule has 1 aromatic heterocycles. The summed E-state index contributed by atoms with van der Waals surface area (Å²) in [5, 5.41) is 4.19. The van der Waals surface area contributed by atoms with E-state index < -0.39 is 0 Å². The molecule has 1 heterocycles. The zero-order chi connectivity index (χ0) is 10.1. The van der Waals surface area contributed by atoms with Crippen molar-refractivity contribution < 1.29 is 4.74 Å². The number of aromatic nitrogens is 3. The van der Waals surface area contributed by atoms with Crippen LogP contribution in [-0.2, 0) is 17.4 Å². The lowest BCUT2D eigenvalue weighted by atomic mass is 10.1. The van der Waals surface area contributed by atoms with Gasteiger partial charge in [-0.25, -0.2) is 4.98 Å². The number of rotatable bonds is 3. The Morgan fingerprint density at radius 2 is 2.08 bits per heavy atom. The van der Waals surface area contributed by atoms with Crippen molar-refractivity contribution in [3.8, 4) is 0 Å². The molecule has 1 rings (SSSR count). The van der Waals surface area contributed by atoms with Crippen LogP contribution in [0, 0.1) is 6.92 Å². The van der Waals surface area contributed by atoms with Crippen LogP contribution in [0.4, 0.5) is 0 Å². The summed E-state index contributed by atoms with van der Waals surface area (Å²) in [6.07, 6.45) is 0. The summed E-state index contributed by atoms with van der Waals surface area (Å²) < 4.78 is 7.36. The first-order chi connectivity index (χ1) is 5.97. The molecule has 0 saturated carbocycles. The molecular formula is C9H17N3O. The van der Waals surface area contributed by atoms with Gasteiger partial charge in [0, 0.05) is 13.7 Å². The lowest BCUT2D eigenvalue weighted by Gasteiger charge is -2.22. The van der Waals surface area contributed by atoms with Gasteiger partial charge in [-0.05, 0) is 27.7 Å². The first kappa shape index (κ1) is 10.2. The summed E-state index contributed by atoms with van der Waals surface area (Å²) in [5.41, 5.74) is -0.356. The normalized spacial score (nSPS) is 12.1. The summed E-state index contributed by atoms with van der Waals surface area (Å²) in [5.74, 6) is 1.65. The van der Waals surface area contributed by atoms with Gasteiger partial charge < -0.3 is 4.74 Å². The minimum absolute atomic E-state index is 0.356. The third-order valence-electron chi connectivity index (χ3n) is 1.91. The highest BCUT2D eigenvalue weighted by molar-refractivity contribution is 5.00. The maximum atomic E-state index is 5.59. The van der Waals surface area contributed by atoms with Crippen molar-refractivity contribution in [2.75, 3.05) is 6.61 Å². The lowest BCUT2D eigenvalue weighted by Crippen LogP contribution is -2.26. The van der Waals surface area contributed by atoms with Crippen molar-refractivity contribution in [3.63, 3.8) is 0 Å². The standard InChI is InChI=1S/C9H17N3O/c1-6-13-9(3,4)8-10-7(2)11-12(8)5/h6H2,1-5H3. The van der Waals surface area contributed by atoms with E-state index in [0.29, 0.717) is 6.61 Å². The Kier molecular flexibility index (Phi) is 2.71. The predicted octanol–water partition coefficient (Wildman–Crippen LogP) is 1.40. The largest absolute Gasteiger partial charge is 0.368 e. The van der Waals surface area contributed by atoms with Crippen LogP contribution < -0.4 is 0 Å². The van der Waals surface area contributed by atoms with Crippen molar-refractivity contribution in [1.82, 2.24) is 14.8 Å². The molecule has 0 atom stereocenters. The van der Waals surface area contributed by atoms with E-state index in [1.165, 1.54) is 0 Å². The SMILES string of the molecule is CCOC(C)(C)c1nc(C)nn1C. The molecule has 1 aromatic rings. The van der Waals surface area contributed by atoms with Gasteiger partial charge in [0.1, 0.15) is 11.4 Å².